The Bertz CT molecular complexity index is 959. The second kappa shape index (κ2) is 9.43. The molecule has 1 aromatic carbocycles. The molecular weight excluding hydrogens is 390 g/mol. The highest BCUT2D eigenvalue weighted by Gasteiger charge is 2.31. The lowest BCUT2D eigenvalue weighted by Gasteiger charge is -2.36. The zero-order valence-electron chi connectivity index (χ0n) is 17.0. The van der Waals surface area contributed by atoms with Gasteiger partial charge in [0.15, 0.2) is 5.16 Å². The Morgan fingerprint density at radius 3 is 2.79 bits per heavy atom. The normalized spacial score (nSPS) is 21.7. The van der Waals surface area contributed by atoms with Crippen molar-refractivity contribution < 1.29 is 14.3 Å². The predicted octanol–water partition coefficient (Wildman–Crippen LogP) is 2.78. The number of nitrogens with one attached hydrogen (secondary N) is 1. The van der Waals surface area contributed by atoms with Crippen LogP contribution in [0.3, 0.4) is 0 Å². The number of hydrogen-bond donors (Lipinski definition) is 1. The fraction of sp³-hybridized carbons (Fsp3) is 0.524. The zero-order chi connectivity index (χ0) is 21.0. The molecule has 1 aliphatic carbocycles. The number of hydrogen-bond acceptors (Lipinski definition) is 6. The van der Waals surface area contributed by atoms with Crippen molar-refractivity contribution in [3.63, 3.8) is 0 Å². The molecule has 1 saturated carbocycles. The van der Waals surface area contributed by atoms with E-state index in [1.54, 1.807) is 10.6 Å². The van der Waals surface area contributed by atoms with E-state index in [1.807, 2.05) is 18.2 Å². The number of benzene rings is 1. The molecule has 1 aromatic heterocycles. The second-order valence-corrected chi connectivity index (χ2v) is 8.51. The number of aromatic nitrogens is 2. The maximum Gasteiger partial charge on any atom is 0.325 e. The third-order valence-electron chi connectivity index (χ3n) is 5.76. The summed E-state index contributed by atoms with van der Waals surface area (Å²) in [5.41, 5.74) is 0.571. The molecule has 8 heteroatoms. The molecule has 2 aromatic rings. The monoisotopic (exact) mass is 417 g/mol. The van der Waals surface area contributed by atoms with Crippen LogP contribution in [0.1, 0.15) is 39.2 Å². The van der Waals surface area contributed by atoms with Gasteiger partial charge in [0.25, 0.3) is 5.56 Å². The lowest BCUT2D eigenvalue weighted by atomic mass is 9.78. The molecule has 0 aliphatic heterocycles. The van der Waals surface area contributed by atoms with Crippen molar-refractivity contribution in [3.8, 4) is 0 Å². The summed E-state index contributed by atoms with van der Waals surface area (Å²) in [5.74, 6) is 0.122. The van der Waals surface area contributed by atoms with E-state index in [1.165, 1.54) is 18.9 Å². The largest absolute Gasteiger partial charge is 0.468 e. The molecule has 1 fully saturated rings. The van der Waals surface area contributed by atoms with E-state index in [4.69, 9.17) is 4.98 Å². The number of carbonyl (C=O) groups excluding carboxylic acids is 2. The van der Waals surface area contributed by atoms with Gasteiger partial charge in [-0.1, -0.05) is 50.6 Å². The number of methoxy groups -OCH3 is 1. The first kappa shape index (κ1) is 21.4. The Morgan fingerprint density at radius 2 is 2.03 bits per heavy atom. The van der Waals surface area contributed by atoms with Crippen molar-refractivity contribution in [3.05, 3.63) is 34.6 Å². The van der Waals surface area contributed by atoms with E-state index in [2.05, 4.69) is 23.9 Å². The summed E-state index contributed by atoms with van der Waals surface area (Å²) in [6.45, 7) is 4.24. The first-order valence-corrected chi connectivity index (χ1v) is 10.9. The quantitative estimate of drug-likeness (QED) is 0.442. The van der Waals surface area contributed by atoms with Crippen molar-refractivity contribution in [1.29, 1.82) is 0 Å². The summed E-state index contributed by atoms with van der Waals surface area (Å²) in [6.07, 6.45) is 3.15. The summed E-state index contributed by atoms with van der Waals surface area (Å²) in [4.78, 5) is 41.4. The van der Waals surface area contributed by atoms with Gasteiger partial charge < -0.3 is 10.1 Å². The molecule has 0 radical (unpaired) electrons. The van der Waals surface area contributed by atoms with Crippen LogP contribution in [0.5, 0.6) is 0 Å². The summed E-state index contributed by atoms with van der Waals surface area (Å²) in [6, 6.07) is 7.37. The number of amides is 1. The minimum absolute atomic E-state index is 0.0565. The molecule has 3 rings (SSSR count). The van der Waals surface area contributed by atoms with Gasteiger partial charge in [0.2, 0.25) is 5.91 Å². The number of thioether (sulfide) groups is 1. The number of carbonyl (C=O) groups is 2. The fourth-order valence-electron chi connectivity index (χ4n) is 3.86. The molecule has 156 valence electrons. The molecular formula is C21H27N3O4S. The Hall–Kier alpha value is -2.35. The number of fused-ring (bicyclic) bond motifs is 1. The van der Waals surface area contributed by atoms with Crippen molar-refractivity contribution >= 4 is 34.5 Å². The Labute approximate surface area is 174 Å². The number of ether oxygens (including phenoxy) is 1. The third kappa shape index (κ3) is 4.80. The highest BCUT2D eigenvalue weighted by atomic mass is 32.2. The molecule has 0 unspecified atom stereocenters. The number of para-hydroxylation sites is 1. The fourth-order valence-corrected chi connectivity index (χ4v) is 4.74. The molecule has 29 heavy (non-hydrogen) atoms. The van der Waals surface area contributed by atoms with E-state index in [0.717, 1.165) is 19.3 Å². The van der Waals surface area contributed by atoms with Gasteiger partial charge in [0.1, 0.15) is 6.54 Å². The average Bonchev–Trinajstić information content (AvgIpc) is 2.73. The Kier molecular flexibility index (Phi) is 6.95. The van der Waals surface area contributed by atoms with Crippen molar-refractivity contribution in [2.75, 3.05) is 19.4 Å². The maximum absolute atomic E-state index is 13.3. The SMILES string of the molecule is COC(=O)CNC(=O)CSc1nc2ccccc2c(=O)n1[C@@H]1CCC[C@@H](C)[C@H]1C. The van der Waals surface area contributed by atoms with Crippen molar-refractivity contribution in [2.24, 2.45) is 11.8 Å². The van der Waals surface area contributed by atoms with Crippen LogP contribution in [0.15, 0.2) is 34.2 Å². The zero-order valence-corrected chi connectivity index (χ0v) is 17.8. The van der Waals surface area contributed by atoms with Gasteiger partial charge in [-0.2, -0.15) is 0 Å². The van der Waals surface area contributed by atoms with Gasteiger partial charge in [-0.25, -0.2) is 4.98 Å². The lowest BCUT2D eigenvalue weighted by Crippen LogP contribution is -2.36. The third-order valence-corrected chi connectivity index (χ3v) is 6.71. The summed E-state index contributed by atoms with van der Waals surface area (Å²) >= 11 is 1.23. The molecule has 1 amide bonds. The molecule has 1 heterocycles. The first-order chi connectivity index (χ1) is 13.9. The van der Waals surface area contributed by atoms with Gasteiger partial charge >= 0.3 is 5.97 Å². The van der Waals surface area contributed by atoms with Crippen LogP contribution in [0, 0.1) is 11.8 Å². The summed E-state index contributed by atoms with van der Waals surface area (Å²) in [5, 5.41) is 3.66. The summed E-state index contributed by atoms with van der Waals surface area (Å²) in [7, 11) is 1.27. The molecule has 7 nitrogen and oxygen atoms in total. The van der Waals surface area contributed by atoms with Crippen LogP contribution in [0.2, 0.25) is 0 Å². The highest BCUT2D eigenvalue weighted by Crippen LogP contribution is 2.38. The van der Waals surface area contributed by atoms with Crippen molar-refractivity contribution in [2.45, 2.75) is 44.3 Å². The Balaban J connectivity index is 1.91. The van der Waals surface area contributed by atoms with Crippen LogP contribution in [0.4, 0.5) is 0 Å². The van der Waals surface area contributed by atoms with Crippen molar-refractivity contribution in [1.82, 2.24) is 14.9 Å². The number of esters is 1. The van der Waals surface area contributed by atoms with Gasteiger partial charge in [0.05, 0.1) is 23.8 Å². The number of nitrogens with zero attached hydrogens (tertiary/aromatic N) is 2. The topological polar surface area (TPSA) is 90.3 Å². The average molecular weight is 418 g/mol. The van der Waals surface area contributed by atoms with Crippen LogP contribution < -0.4 is 10.9 Å². The van der Waals surface area contributed by atoms with Gasteiger partial charge in [0, 0.05) is 6.04 Å². The molecule has 1 aliphatic rings. The molecule has 1 N–H and O–H groups in total. The van der Waals surface area contributed by atoms with E-state index in [-0.39, 0.29) is 29.8 Å². The molecule has 0 spiro atoms. The standard InChI is InChI=1S/C21H27N3O4S/c1-13-7-6-10-17(14(13)2)24-20(27)15-8-4-5-9-16(15)23-21(24)29-12-18(25)22-11-19(26)28-3/h4-5,8-9,13-14,17H,6-7,10-12H2,1-3H3,(H,22,25)/t13-,14-,17-/m1/s1. The number of rotatable bonds is 6. The maximum atomic E-state index is 13.3. The summed E-state index contributed by atoms with van der Waals surface area (Å²) < 4.78 is 6.32. The van der Waals surface area contributed by atoms with Gasteiger partial charge in [-0.05, 0) is 30.4 Å². The lowest BCUT2D eigenvalue weighted by molar-refractivity contribution is -0.140. The molecule has 0 bridgehead atoms. The van der Waals surface area contributed by atoms with Crippen LogP contribution in [-0.2, 0) is 14.3 Å². The Morgan fingerprint density at radius 1 is 1.28 bits per heavy atom. The van der Waals surface area contributed by atoms with E-state index >= 15 is 0 Å². The minimum atomic E-state index is -0.505. The molecule has 0 saturated heterocycles. The second-order valence-electron chi connectivity index (χ2n) is 7.56. The van der Waals surface area contributed by atoms with E-state index < -0.39 is 5.97 Å². The van der Waals surface area contributed by atoms with Crippen LogP contribution >= 0.6 is 11.8 Å². The van der Waals surface area contributed by atoms with Gasteiger partial charge in [-0.15, -0.1) is 0 Å². The first-order valence-electron chi connectivity index (χ1n) is 9.90. The molecule has 3 atom stereocenters. The van der Waals surface area contributed by atoms with Crippen LogP contribution in [0.25, 0.3) is 10.9 Å². The van der Waals surface area contributed by atoms with Crippen LogP contribution in [-0.4, -0.2) is 40.8 Å². The van der Waals surface area contributed by atoms with E-state index in [9.17, 15) is 14.4 Å². The van der Waals surface area contributed by atoms with E-state index in [0.29, 0.717) is 27.9 Å². The predicted molar refractivity (Wildman–Crippen MR) is 113 cm³/mol. The van der Waals surface area contributed by atoms with Gasteiger partial charge in [-0.3, -0.25) is 19.0 Å². The smallest absolute Gasteiger partial charge is 0.325 e. The highest BCUT2D eigenvalue weighted by molar-refractivity contribution is 7.99. The minimum Gasteiger partial charge on any atom is -0.468 e.